The molecule has 0 bridgehead atoms. The number of aromatic nitrogens is 2. The Hall–Kier alpha value is -2.80. The lowest BCUT2D eigenvalue weighted by molar-refractivity contribution is 0.598. The van der Waals surface area contributed by atoms with E-state index in [1.165, 1.54) is 36.8 Å². The zero-order valence-corrected chi connectivity index (χ0v) is 13.5. The van der Waals surface area contributed by atoms with Crippen LogP contribution in [-0.2, 0) is 6.42 Å². The van der Waals surface area contributed by atoms with Crippen LogP contribution in [0.5, 0.6) is 0 Å². The van der Waals surface area contributed by atoms with Gasteiger partial charge in [0.15, 0.2) is 17.5 Å². The van der Waals surface area contributed by atoms with Crippen molar-refractivity contribution in [1.29, 1.82) is 0 Å². The fraction of sp³-hybridized carbons (Fsp3) is 0.0588. The molecule has 8 heteroatoms. The van der Waals surface area contributed by atoms with Crippen molar-refractivity contribution in [3.63, 3.8) is 0 Å². The van der Waals surface area contributed by atoms with Crippen molar-refractivity contribution in [2.75, 3.05) is 11.1 Å². The van der Waals surface area contributed by atoms with Crippen LogP contribution in [0.2, 0.25) is 5.02 Å². The normalized spacial score (nSPS) is 10.7. The van der Waals surface area contributed by atoms with Gasteiger partial charge in [-0.05, 0) is 29.8 Å². The Labute approximate surface area is 146 Å². The molecule has 0 aliphatic carbocycles. The van der Waals surface area contributed by atoms with Crippen LogP contribution in [0.3, 0.4) is 0 Å². The van der Waals surface area contributed by atoms with Crippen LogP contribution in [0.1, 0.15) is 11.1 Å². The van der Waals surface area contributed by atoms with E-state index in [-0.39, 0.29) is 39.8 Å². The second-order valence-electron chi connectivity index (χ2n) is 5.26. The quantitative estimate of drug-likeness (QED) is 0.717. The maximum atomic E-state index is 14.7. The Morgan fingerprint density at radius 1 is 1.00 bits per heavy atom. The Morgan fingerprint density at radius 3 is 2.56 bits per heavy atom. The third-order valence-electron chi connectivity index (χ3n) is 3.53. The number of rotatable bonds is 4. The van der Waals surface area contributed by atoms with Gasteiger partial charge in [0.25, 0.3) is 0 Å². The van der Waals surface area contributed by atoms with Gasteiger partial charge in [-0.25, -0.2) is 18.2 Å². The second-order valence-corrected chi connectivity index (χ2v) is 5.69. The van der Waals surface area contributed by atoms with Gasteiger partial charge in [0.1, 0.15) is 5.82 Å². The molecule has 4 nitrogen and oxygen atoms in total. The molecule has 0 unspecified atom stereocenters. The zero-order valence-electron chi connectivity index (χ0n) is 12.7. The predicted octanol–water partition coefficient (Wildman–Crippen LogP) is 4.46. The number of nitrogens with zero attached hydrogens (tertiary/aromatic N) is 2. The summed E-state index contributed by atoms with van der Waals surface area (Å²) in [5.74, 6) is -2.27. The Morgan fingerprint density at radius 2 is 1.80 bits per heavy atom. The van der Waals surface area contributed by atoms with Crippen LogP contribution in [0, 0.1) is 17.5 Å². The minimum absolute atomic E-state index is 0.0406. The van der Waals surface area contributed by atoms with E-state index in [1.54, 1.807) is 0 Å². The molecular weight excluding hydrogens is 353 g/mol. The van der Waals surface area contributed by atoms with Crippen LogP contribution < -0.4 is 11.1 Å². The minimum Gasteiger partial charge on any atom is -0.381 e. The molecule has 0 aliphatic heterocycles. The van der Waals surface area contributed by atoms with E-state index in [4.69, 9.17) is 17.3 Å². The molecule has 3 aromatic rings. The molecule has 3 rings (SSSR count). The van der Waals surface area contributed by atoms with Gasteiger partial charge in [-0.3, -0.25) is 4.98 Å². The first-order valence-electron chi connectivity index (χ1n) is 7.19. The number of pyridine rings is 2. The van der Waals surface area contributed by atoms with Gasteiger partial charge in [-0.15, -0.1) is 0 Å². The molecule has 0 radical (unpaired) electrons. The van der Waals surface area contributed by atoms with Gasteiger partial charge in [0.05, 0.1) is 17.6 Å². The fourth-order valence-electron chi connectivity index (χ4n) is 2.28. The molecule has 0 saturated carbocycles. The third kappa shape index (κ3) is 3.66. The van der Waals surface area contributed by atoms with E-state index >= 15 is 0 Å². The van der Waals surface area contributed by atoms with E-state index < -0.39 is 17.5 Å². The van der Waals surface area contributed by atoms with Crippen molar-refractivity contribution in [2.45, 2.75) is 6.42 Å². The summed E-state index contributed by atoms with van der Waals surface area (Å²) in [5, 5.41) is 2.84. The van der Waals surface area contributed by atoms with Gasteiger partial charge in [-0.1, -0.05) is 11.6 Å². The summed E-state index contributed by atoms with van der Waals surface area (Å²) in [5.41, 5.74) is 5.73. The van der Waals surface area contributed by atoms with Gasteiger partial charge >= 0.3 is 0 Å². The average Bonchev–Trinajstić information content (AvgIpc) is 2.57. The van der Waals surface area contributed by atoms with Gasteiger partial charge in [0, 0.05) is 29.4 Å². The first-order chi connectivity index (χ1) is 12.0. The van der Waals surface area contributed by atoms with E-state index in [9.17, 15) is 13.2 Å². The highest BCUT2D eigenvalue weighted by Crippen LogP contribution is 2.27. The molecule has 2 aromatic heterocycles. The van der Waals surface area contributed by atoms with E-state index in [2.05, 4.69) is 15.3 Å². The van der Waals surface area contributed by atoms with Crippen molar-refractivity contribution in [2.24, 2.45) is 0 Å². The second kappa shape index (κ2) is 6.98. The number of nitrogens with one attached hydrogen (secondary N) is 1. The van der Waals surface area contributed by atoms with Crippen LogP contribution in [-0.4, -0.2) is 9.97 Å². The molecule has 0 aliphatic rings. The van der Waals surface area contributed by atoms with E-state index in [0.717, 1.165) is 6.07 Å². The minimum atomic E-state index is -0.705. The first kappa shape index (κ1) is 17.0. The highest BCUT2D eigenvalue weighted by atomic mass is 35.5. The first-order valence-corrected chi connectivity index (χ1v) is 7.57. The van der Waals surface area contributed by atoms with Crippen molar-refractivity contribution < 1.29 is 13.2 Å². The van der Waals surface area contributed by atoms with Crippen LogP contribution in [0.4, 0.5) is 30.4 Å². The number of nitrogens with two attached hydrogens (primary N) is 1. The summed E-state index contributed by atoms with van der Waals surface area (Å²) in [7, 11) is 0. The predicted molar refractivity (Wildman–Crippen MR) is 90.3 cm³/mol. The van der Waals surface area contributed by atoms with Crippen molar-refractivity contribution >= 4 is 28.8 Å². The summed E-state index contributed by atoms with van der Waals surface area (Å²) >= 11 is 5.69. The molecule has 0 atom stereocenters. The standard InChI is InChI=1S/C17H12ClF3N4/c18-11-1-2-13(12(19)6-11)25-14-8-23-7-10(15(14)20)5-9-3-4-24-17(22)16(9)21/h1-4,6-8,25H,5H2,(H2,22,24). The van der Waals surface area contributed by atoms with E-state index in [1.807, 2.05) is 0 Å². The molecule has 25 heavy (non-hydrogen) atoms. The van der Waals surface area contributed by atoms with Crippen LogP contribution in [0.15, 0.2) is 42.9 Å². The van der Waals surface area contributed by atoms with Gasteiger partial charge in [0.2, 0.25) is 0 Å². The number of anilines is 3. The molecular formula is C17H12ClF3N4. The number of benzene rings is 1. The number of hydrogen-bond acceptors (Lipinski definition) is 4. The van der Waals surface area contributed by atoms with Gasteiger partial charge in [-0.2, -0.15) is 0 Å². The smallest absolute Gasteiger partial charge is 0.168 e. The maximum Gasteiger partial charge on any atom is 0.168 e. The highest BCUT2D eigenvalue weighted by molar-refractivity contribution is 6.30. The van der Waals surface area contributed by atoms with Crippen molar-refractivity contribution in [3.8, 4) is 0 Å². The average molecular weight is 365 g/mol. The molecule has 3 N–H and O–H groups in total. The van der Waals surface area contributed by atoms with Crippen LogP contribution >= 0.6 is 11.6 Å². The molecule has 0 amide bonds. The molecule has 0 spiro atoms. The lowest BCUT2D eigenvalue weighted by atomic mass is 10.1. The Kier molecular flexibility index (Phi) is 4.76. The topological polar surface area (TPSA) is 63.8 Å². The largest absolute Gasteiger partial charge is 0.381 e. The van der Waals surface area contributed by atoms with Gasteiger partial charge < -0.3 is 11.1 Å². The lowest BCUT2D eigenvalue weighted by Crippen LogP contribution is -2.04. The van der Waals surface area contributed by atoms with E-state index in [0.29, 0.717) is 0 Å². The molecule has 0 fully saturated rings. The maximum absolute atomic E-state index is 14.7. The summed E-state index contributed by atoms with van der Waals surface area (Å²) < 4.78 is 42.5. The van der Waals surface area contributed by atoms with Crippen molar-refractivity contribution in [3.05, 3.63) is 76.5 Å². The lowest BCUT2D eigenvalue weighted by Gasteiger charge is -2.11. The SMILES string of the molecule is Nc1nccc(Cc2cncc(Nc3ccc(Cl)cc3F)c2F)c1F. The summed E-state index contributed by atoms with van der Waals surface area (Å²) in [4.78, 5) is 7.54. The monoisotopic (exact) mass is 364 g/mol. The number of hydrogen-bond donors (Lipinski definition) is 2. The number of nitrogen functional groups attached to an aromatic ring is 1. The fourth-order valence-corrected chi connectivity index (χ4v) is 2.44. The summed E-state index contributed by atoms with van der Waals surface area (Å²) in [6, 6.07) is 5.36. The number of halogens is 4. The van der Waals surface area contributed by atoms with Crippen LogP contribution in [0.25, 0.3) is 0 Å². The summed E-state index contributed by atoms with van der Waals surface area (Å²) in [6.07, 6.45) is 3.75. The van der Waals surface area contributed by atoms with Crippen molar-refractivity contribution in [1.82, 2.24) is 9.97 Å². The molecule has 0 saturated heterocycles. The Bertz CT molecular complexity index is 934. The summed E-state index contributed by atoms with van der Waals surface area (Å²) in [6.45, 7) is 0. The third-order valence-corrected chi connectivity index (χ3v) is 3.77. The molecule has 128 valence electrons. The zero-order chi connectivity index (χ0) is 18.0. The highest BCUT2D eigenvalue weighted by Gasteiger charge is 2.14. The Balaban J connectivity index is 1.91. The molecule has 2 heterocycles. The molecule has 1 aromatic carbocycles.